The van der Waals surface area contributed by atoms with Crippen LogP contribution in [0.15, 0.2) is 0 Å². The highest BCUT2D eigenvalue weighted by Gasteiger charge is 2.20. The molecule has 0 fully saturated rings. The molecule has 0 aliphatic heterocycles. The summed E-state index contributed by atoms with van der Waals surface area (Å²) in [7, 11) is 0. The molecule has 402 valence electrons. The molecule has 0 saturated carbocycles. The first-order valence-electron chi connectivity index (χ1n) is 31.7. The second-order valence-electron chi connectivity index (χ2n) is 22.2. The molecule has 2 unspecified atom stereocenters. The van der Waals surface area contributed by atoms with Crippen LogP contribution in [-0.4, -0.2) is 34.9 Å². The molecule has 3 N–H and O–H groups in total. The lowest BCUT2D eigenvalue weighted by Gasteiger charge is -2.22. The minimum atomic E-state index is -0.656. The van der Waals surface area contributed by atoms with Gasteiger partial charge in [-0.2, -0.15) is 0 Å². The van der Waals surface area contributed by atoms with Crippen LogP contribution in [0, 0.1) is 0 Å². The number of unbranched alkanes of at least 4 members (excludes halogenated alkanes) is 53. The SMILES string of the molecule is CCCCCCCCCCCCCCCCCCCCCCCCCCCCCCCC(=O)NC(CO)C(O)CCCCCCCCCCCCCCCCCCCCCCCCCCCC. The zero-order valence-electron chi connectivity index (χ0n) is 46.5. The minimum Gasteiger partial charge on any atom is -0.394 e. The fourth-order valence-electron chi connectivity index (χ4n) is 10.5. The van der Waals surface area contributed by atoms with Gasteiger partial charge in [0.25, 0.3) is 0 Å². The molecule has 0 aromatic heterocycles. The van der Waals surface area contributed by atoms with Crippen molar-refractivity contribution in [2.75, 3.05) is 6.61 Å². The summed E-state index contributed by atoms with van der Waals surface area (Å²) in [5.74, 6) is -0.0202. The van der Waals surface area contributed by atoms with Gasteiger partial charge in [-0.25, -0.2) is 0 Å². The van der Waals surface area contributed by atoms with Crippen molar-refractivity contribution in [2.45, 2.75) is 392 Å². The lowest BCUT2D eigenvalue weighted by molar-refractivity contribution is -0.123. The molecule has 0 heterocycles. The first-order valence-corrected chi connectivity index (χ1v) is 31.7. The van der Waals surface area contributed by atoms with Crippen LogP contribution in [0.25, 0.3) is 0 Å². The number of nitrogens with one attached hydrogen (secondary N) is 1. The Morgan fingerprint density at radius 3 is 0.672 bits per heavy atom. The van der Waals surface area contributed by atoms with Crippen molar-refractivity contribution in [1.82, 2.24) is 5.32 Å². The molecule has 0 bridgehead atoms. The minimum absolute atomic E-state index is 0.0202. The zero-order valence-corrected chi connectivity index (χ0v) is 46.5. The van der Waals surface area contributed by atoms with E-state index in [1.54, 1.807) is 0 Å². The van der Waals surface area contributed by atoms with Crippen LogP contribution in [0.5, 0.6) is 0 Å². The van der Waals surface area contributed by atoms with Gasteiger partial charge in [0.2, 0.25) is 5.91 Å². The van der Waals surface area contributed by atoms with Gasteiger partial charge in [0.1, 0.15) is 0 Å². The van der Waals surface area contributed by atoms with Crippen molar-refractivity contribution >= 4 is 5.91 Å². The maximum atomic E-state index is 12.5. The van der Waals surface area contributed by atoms with E-state index in [0.29, 0.717) is 12.8 Å². The van der Waals surface area contributed by atoms with Crippen LogP contribution in [0.4, 0.5) is 0 Å². The van der Waals surface area contributed by atoms with Gasteiger partial charge in [0, 0.05) is 6.42 Å². The Morgan fingerprint density at radius 2 is 0.478 bits per heavy atom. The van der Waals surface area contributed by atoms with Crippen LogP contribution in [0.2, 0.25) is 0 Å². The highest BCUT2D eigenvalue weighted by molar-refractivity contribution is 5.76. The molecule has 0 rings (SSSR count). The van der Waals surface area contributed by atoms with Crippen molar-refractivity contribution in [3.8, 4) is 0 Å². The third-order valence-electron chi connectivity index (χ3n) is 15.4. The molecule has 67 heavy (non-hydrogen) atoms. The van der Waals surface area contributed by atoms with Crippen molar-refractivity contribution in [3.05, 3.63) is 0 Å². The molecule has 0 saturated heterocycles. The summed E-state index contributed by atoms with van der Waals surface area (Å²) in [6.07, 6.45) is 77.0. The normalized spacial score (nSPS) is 12.6. The second-order valence-corrected chi connectivity index (χ2v) is 22.2. The number of hydrogen-bond donors (Lipinski definition) is 3. The number of carbonyl (C=O) groups excluding carboxylic acids is 1. The number of aliphatic hydroxyl groups is 2. The van der Waals surface area contributed by atoms with Gasteiger partial charge in [0.15, 0.2) is 0 Å². The van der Waals surface area contributed by atoms with E-state index < -0.39 is 12.1 Å². The first-order chi connectivity index (χ1) is 33.2. The van der Waals surface area contributed by atoms with Crippen molar-refractivity contribution in [2.24, 2.45) is 0 Å². The zero-order chi connectivity index (χ0) is 48.5. The maximum absolute atomic E-state index is 12.5. The molecule has 4 nitrogen and oxygen atoms in total. The molecule has 0 aromatic carbocycles. The Morgan fingerprint density at radius 1 is 0.299 bits per heavy atom. The van der Waals surface area contributed by atoms with Gasteiger partial charge in [-0.1, -0.05) is 361 Å². The number of carbonyl (C=O) groups is 1. The number of hydrogen-bond acceptors (Lipinski definition) is 3. The Labute approximate surface area is 423 Å². The largest absolute Gasteiger partial charge is 0.394 e. The van der Waals surface area contributed by atoms with E-state index >= 15 is 0 Å². The van der Waals surface area contributed by atoms with E-state index in [0.717, 1.165) is 25.7 Å². The molecule has 0 aliphatic rings. The van der Waals surface area contributed by atoms with E-state index in [1.165, 1.54) is 327 Å². The molecule has 4 heteroatoms. The number of rotatable bonds is 60. The van der Waals surface area contributed by atoms with Crippen LogP contribution < -0.4 is 5.32 Å². The molecule has 0 spiro atoms. The molecule has 0 aliphatic carbocycles. The molecular formula is C63H127NO3. The van der Waals surface area contributed by atoms with Gasteiger partial charge in [0.05, 0.1) is 18.8 Å². The average molecular weight is 947 g/mol. The van der Waals surface area contributed by atoms with Crippen LogP contribution in [0.3, 0.4) is 0 Å². The molecule has 2 atom stereocenters. The summed E-state index contributed by atoms with van der Waals surface area (Å²) in [4.78, 5) is 12.5. The van der Waals surface area contributed by atoms with Crippen LogP contribution in [0.1, 0.15) is 380 Å². The Hall–Kier alpha value is -0.610. The first kappa shape index (κ1) is 66.4. The fourth-order valence-corrected chi connectivity index (χ4v) is 10.5. The highest BCUT2D eigenvalue weighted by Crippen LogP contribution is 2.19. The summed E-state index contributed by atoms with van der Waals surface area (Å²) in [5.41, 5.74) is 0. The standard InChI is InChI=1S/C63H127NO3/c1-3-5-7-9-11-13-15-17-19-21-23-25-27-29-31-32-33-35-37-39-41-43-45-47-49-51-53-55-57-59-63(67)64-61(60-65)62(66)58-56-54-52-50-48-46-44-42-40-38-36-34-30-28-26-24-22-20-18-16-14-12-10-8-6-4-2/h61-62,65-66H,3-60H2,1-2H3,(H,64,67). The molecule has 0 aromatic rings. The van der Waals surface area contributed by atoms with E-state index in [1.807, 2.05) is 0 Å². The third kappa shape index (κ3) is 56.2. The quantitative estimate of drug-likeness (QED) is 0.0532. The molecule has 1 amide bonds. The number of aliphatic hydroxyl groups excluding tert-OH is 2. The lowest BCUT2D eigenvalue weighted by atomic mass is 10.0. The topological polar surface area (TPSA) is 69.6 Å². The van der Waals surface area contributed by atoms with Crippen molar-refractivity contribution < 1.29 is 15.0 Å². The van der Waals surface area contributed by atoms with Crippen LogP contribution in [-0.2, 0) is 4.79 Å². The van der Waals surface area contributed by atoms with Gasteiger partial charge in [-0.15, -0.1) is 0 Å². The molecular weight excluding hydrogens is 819 g/mol. The highest BCUT2D eigenvalue weighted by atomic mass is 16.3. The number of amides is 1. The lowest BCUT2D eigenvalue weighted by Crippen LogP contribution is -2.45. The fraction of sp³-hybridized carbons (Fsp3) is 0.984. The summed E-state index contributed by atoms with van der Waals surface area (Å²) in [6, 6.07) is -0.532. The second kappa shape index (κ2) is 59.7. The van der Waals surface area contributed by atoms with Crippen LogP contribution >= 0.6 is 0 Å². The maximum Gasteiger partial charge on any atom is 0.220 e. The van der Waals surface area contributed by atoms with Gasteiger partial charge in [-0.3, -0.25) is 4.79 Å². The summed E-state index contributed by atoms with van der Waals surface area (Å²) in [5, 5.41) is 23.4. The van der Waals surface area contributed by atoms with Gasteiger partial charge >= 0.3 is 0 Å². The predicted molar refractivity (Wildman–Crippen MR) is 300 cm³/mol. The van der Waals surface area contributed by atoms with E-state index in [-0.39, 0.29) is 12.5 Å². The van der Waals surface area contributed by atoms with Gasteiger partial charge in [-0.05, 0) is 12.8 Å². The van der Waals surface area contributed by atoms with E-state index in [4.69, 9.17) is 0 Å². The Bertz CT molecular complexity index is 894. The van der Waals surface area contributed by atoms with Crippen molar-refractivity contribution in [1.29, 1.82) is 0 Å². The molecule has 0 radical (unpaired) electrons. The Balaban J connectivity index is 3.37. The van der Waals surface area contributed by atoms with E-state index in [2.05, 4.69) is 19.2 Å². The Kier molecular flexibility index (Phi) is 59.2. The van der Waals surface area contributed by atoms with Crippen molar-refractivity contribution in [3.63, 3.8) is 0 Å². The third-order valence-corrected chi connectivity index (χ3v) is 15.4. The monoisotopic (exact) mass is 946 g/mol. The smallest absolute Gasteiger partial charge is 0.220 e. The average Bonchev–Trinajstić information content (AvgIpc) is 3.33. The summed E-state index contributed by atoms with van der Waals surface area (Å²) < 4.78 is 0. The summed E-state index contributed by atoms with van der Waals surface area (Å²) in [6.45, 7) is 4.42. The van der Waals surface area contributed by atoms with E-state index in [9.17, 15) is 15.0 Å². The summed E-state index contributed by atoms with van der Waals surface area (Å²) >= 11 is 0. The van der Waals surface area contributed by atoms with Gasteiger partial charge < -0.3 is 15.5 Å². The predicted octanol–water partition coefficient (Wildman–Crippen LogP) is 21.1.